The summed E-state index contributed by atoms with van der Waals surface area (Å²) < 4.78 is 39.5. The molecule has 0 aliphatic rings. The molecule has 0 atom stereocenters. The van der Waals surface area contributed by atoms with Crippen molar-refractivity contribution in [3.05, 3.63) is 41.2 Å². The Kier molecular flexibility index (Phi) is 10.1. The van der Waals surface area contributed by atoms with Crippen LogP contribution in [-0.4, -0.2) is 57.3 Å². The van der Waals surface area contributed by atoms with Crippen molar-refractivity contribution in [3.63, 3.8) is 0 Å². The molecule has 2 aromatic heterocycles. The normalized spacial score (nSPS) is 11.5. The van der Waals surface area contributed by atoms with E-state index in [1.807, 2.05) is 0 Å². The summed E-state index contributed by atoms with van der Waals surface area (Å²) in [5.41, 5.74) is -1.11. The number of nitrogens with zero attached hydrogens (tertiary/aromatic N) is 5. The molecule has 3 rings (SSSR count). The summed E-state index contributed by atoms with van der Waals surface area (Å²) in [5, 5.41) is 16.3. The van der Waals surface area contributed by atoms with E-state index in [1.54, 1.807) is 6.07 Å². The number of amides is 2. The summed E-state index contributed by atoms with van der Waals surface area (Å²) in [4.78, 5) is 23.0. The van der Waals surface area contributed by atoms with E-state index in [0.717, 1.165) is 56.1 Å². The molecule has 0 aliphatic heterocycles. The second kappa shape index (κ2) is 13.0. The van der Waals surface area contributed by atoms with Crippen LogP contribution in [0.15, 0.2) is 40.0 Å². The molecular weight excluding hydrogens is 537 g/mol. The molecule has 0 saturated heterocycles. The Morgan fingerprint density at radius 1 is 1.14 bits per heavy atom. The molecule has 3 N–H and O–H groups in total. The van der Waals surface area contributed by atoms with Gasteiger partial charge < -0.3 is 15.5 Å². The van der Waals surface area contributed by atoms with Gasteiger partial charge in [-0.05, 0) is 56.0 Å². The van der Waals surface area contributed by atoms with Gasteiger partial charge in [-0.1, -0.05) is 36.8 Å². The van der Waals surface area contributed by atoms with E-state index in [1.165, 1.54) is 24.2 Å². The minimum Gasteiger partial charge on any atom is -0.370 e. The summed E-state index contributed by atoms with van der Waals surface area (Å²) in [7, 11) is 0. The molecule has 15 heteroatoms. The molecule has 2 heterocycles. The highest BCUT2D eigenvalue weighted by molar-refractivity contribution is 8.01. The zero-order valence-corrected chi connectivity index (χ0v) is 21.8. The third-order valence-corrected chi connectivity index (χ3v) is 6.99. The number of nitrogens with one attached hydrogen (secondary N) is 3. The van der Waals surface area contributed by atoms with Crippen LogP contribution < -0.4 is 16.0 Å². The highest BCUT2D eigenvalue weighted by Gasteiger charge is 2.33. The van der Waals surface area contributed by atoms with Crippen LogP contribution in [0.3, 0.4) is 0 Å². The monoisotopic (exact) mass is 560 g/mol. The molecule has 3 aromatic rings. The average Bonchev–Trinajstić information content (AvgIpc) is 3.26. The van der Waals surface area contributed by atoms with E-state index in [2.05, 4.69) is 54.9 Å². The van der Waals surface area contributed by atoms with E-state index in [-0.39, 0.29) is 10.8 Å². The second-order valence-corrected chi connectivity index (χ2v) is 9.95. The van der Waals surface area contributed by atoms with Crippen molar-refractivity contribution in [2.75, 3.05) is 42.1 Å². The Hall–Kier alpha value is -2.68. The first-order valence-electron chi connectivity index (χ1n) is 10.9. The molecule has 0 saturated carbocycles. The minimum atomic E-state index is -4.64. The Bertz CT molecular complexity index is 1160. The number of aromatic nitrogens is 4. The maximum absolute atomic E-state index is 13.0. The molecule has 194 valence electrons. The van der Waals surface area contributed by atoms with Crippen LogP contribution in [0, 0.1) is 0 Å². The Balaban J connectivity index is 1.52. The molecule has 1 aromatic carbocycles. The maximum atomic E-state index is 13.0. The quantitative estimate of drug-likeness (QED) is 0.150. The minimum absolute atomic E-state index is 0.0681. The zero-order chi connectivity index (χ0) is 26.1. The summed E-state index contributed by atoms with van der Waals surface area (Å²) in [6.45, 7) is 8.09. The van der Waals surface area contributed by atoms with E-state index >= 15 is 0 Å². The van der Waals surface area contributed by atoms with Gasteiger partial charge in [0, 0.05) is 18.3 Å². The fraction of sp³-hybridized carbons (Fsp3) is 0.381. The van der Waals surface area contributed by atoms with E-state index in [9.17, 15) is 18.0 Å². The van der Waals surface area contributed by atoms with Crippen LogP contribution in [0.2, 0.25) is 5.02 Å². The van der Waals surface area contributed by atoms with Crippen LogP contribution in [0.25, 0.3) is 0 Å². The summed E-state index contributed by atoms with van der Waals surface area (Å²) in [6, 6.07) is 4.12. The van der Waals surface area contributed by atoms with Crippen molar-refractivity contribution in [3.8, 4) is 0 Å². The van der Waals surface area contributed by atoms with Crippen LogP contribution >= 0.6 is 34.7 Å². The number of halogens is 4. The third kappa shape index (κ3) is 8.47. The number of rotatable bonds is 11. The Labute approximate surface area is 219 Å². The zero-order valence-electron chi connectivity index (χ0n) is 19.4. The van der Waals surface area contributed by atoms with Gasteiger partial charge in [0.2, 0.25) is 5.13 Å². The SMILES string of the molecule is CCN(CC)CCCNc1cc(Sc2nnc(NC(=O)Nc3ccc(Cl)c(C(F)(F)F)c3)s2)ncn1. The number of carbonyl (C=O) groups excluding carboxylic acids is 1. The average molecular weight is 561 g/mol. The number of carbonyl (C=O) groups is 1. The van der Waals surface area contributed by atoms with Crippen LogP contribution in [0.4, 0.5) is 34.6 Å². The number of hydrogen-bond donors (Lipinski definition) is 3. The molecular formula is C21H24ClF3N8OS2. The van der Waals surface area contributed by atoms with Crippen molar-refractivity contribution >= 4 is 57.4 Å². The lowest BCUT2D eigenvalue weighted by Crippen LogP contribution is -2.25. The number of urea groups is 1. The first-order valence-corrected chi connectivity index (χ1v) is 12.9. The molecule has 0 fully saturated rings. The predicted molar refractivity (Wildman–Crippen MR) is 136 cm³/mol. The summed E-state index contributed by atoms with van der Waals surface area (Å²) in [6.07, 6.45) is -2.21. The molecule has 0 unspecified atom stereocenters. The molecule has 36 heavy (non-hydrogen) atoms. The lowest BCUT2D eigenvalue weighted by atomic mass is 10.2. The number of anilines is 3. The van der Waals surface area contributed by atoms with Crippen LogP contribution in [0.5, 0.6) is 0 Å². The number of benzene rings is 1. The summed E-state index contributed by atoms with van der Waals surface area (Å²) in [5.74, 6) is 0.690. The van der Waals surface area contributed by atoms with E-state index in [4.69, 9.17) is 11.6 Å². The van der Waals surface area contributed by atoms with Gasteiger partial charge in [0.05, 0.1) is 10.6 Å². The van der Waals surface area contributed by atoms with Gasteiger partial charge in [0.1, 0.15) is 17.2 Å². The molecule has 9 nitrogen and oxygen atoms in total. The largest absolute Gasteiger partial charge is 0.417 e. The van der Waals surface area contributed by atoms with E-state index in [0.29, 0.717) is 15.2 Å². The smallest absolute Gasteiger partial charge is 0.370 e. The van der Waals surface area contributed by atoms with Crippen LogP contribution in [0.1, 0.15) is 25.8 Å². The molecule has 2 amide bonds. The van der Waals surface area contributed by atoms with Gasteiger partial charge in [-0.3, -0.25) is 5.32 Å². The third-order valence-electron chi connectivity index (χ3n) is 4.84. The Morgan fingerprint density at radius 3 is 2.64 bits per heavy atom. The van der Waals surface area contributed by atoms with Crippen molar-refractivity contribution < 1.29 is 18.0 Å². The summed E-state index contributed by atoms with van der Waals surface area (Å²) >= 11 is 7.94. The fourth-order valence-electron chi connectivity index (χ4n) is 3.02. The van der Waals surface area contributed by atoms with Crippen molar-refractivity contribution in [2.45, 2.75) is 35.8 Å². The van der Waals surface area contributed by atoms with Gasteiger partial charge in [-0.2, -0.15) is 13.2 Å². The predicted octanol–water partition coefficient (Wildman–Crippen LogP) is 5.94. The molecule has 0 bridgehead atoms. The number of alkyl halides is 3. The van der Waals surface area contributed by atoms with Gasteiger partial charge in [-0.15, -0.1) is 10.2 Å². The van der Waals surface area contributed by atoms with Gasteiger partial charge in [0.15, 0.2) is 4.34 Å². The second-order valence-electron chi connectivity index (χ2n) is 7.30. The van der Waals surface area contributed by atoms with Crippen molar-refractivity contribution in [1.82, 2.24) is 25.1 Å². The maximum Gasteiger partial charge on any atom is 0.417 e. The fourth-order valence-corrected chi connectivity index (χ4v) is 4.91. The van der Waals surface area contributed by atoms with Gasteiger partial charge in [0.25, 0.3) is 0 Å². The van der Waals surface area contributed by atoms with Crippen molar-refractivity contribution in [2.24, 2.45) is 0 Å². The topological polar surface area (TPSA) is 108 Å². The van der Waals surface area contributed by atoms with Crippen molar-refractivity contribution in [1.29, 1.82) is 0 Å². The van der Waals surface area contributed by atoms with Crippen LogP contribution in [-0.2, 0) is 6.18 Å². The molecule has 0 radical (unpaired) electrons. The molecule has 0 spiro atoms. The van der Waals surface area contributed by atoms with E-state index < -0.39 is 22.8 Å². The lowest BCUT2D eigenvalue weighted by Gasteiger charge is -2.17. The first-order chi connectivity index (χ1) is 17.2. The van der Waals surface area contributed by atoms with Gasteiger partial charge in [-0.25, -0.2) is 14.8 Å². The first kappa shape index (κ1) is 27.9. The van der Waals surface area contributed by atoms with Gasteiger partial charge >= 0.3 is 12.2 Å². The lowest BCUT2D eigenvalue weighted by molar-refractivity contribution is -0.137. The molecule has 0 aliphatic carbocycles. The highest BCUT2D eigenvalue weighted by Crippen LogP contribution is 2.36. The number of hydrogen-bond acceptors (Lipinski definition) is 9. The Morgan fingerprint density at radius 2 is 1.92 bits per heavy atom. The highest BCUT2D eigenvalue weighted by atomic mass is 35.5. The standard InChI is InChI=1S/C21H24ClF3N8OS2/c1-3-33(4-2)9-5-8-26-16-11-17(28-12-27-16)35-20-32-31-19(36-20)30-18(34)29-13-6-7-15(22)14(10-13)21(23,24)25/h6-7,10-12H,3-5,8-9H2,1-2H3,(H,26,27,28)(H2,29,30,31,34).